The van der Waals surface area contributed by atoms with Gasteiger partial charge in [-0.05, 0) is 28.1 Å². The molecule has 0 aromatic heterocycles. The van der Waals surface area contributed by atoms with Gasteiger partial charge in [0.15, 0.2) is 5.75 Å². The number of benzene rings is 1. The van der Waals surface area contributed by atoms with Crippen molar-refractivity contribution in [1.29, 1.82) is 0 Å². The van der Waals surface area contributed by atoms with E-state index in [1.807, 2.05) is 37.2 Å². The zero-order chi connectivity index (χ0) is 8.43. The summed E-state index contributed by atoms with van der Waals surface area (Å²) >= 11 is 3.24. The fourth-order valence-electron chi connectivity index (χ4n) is 0.865. The topological polar surface area (TPSA) is 23.5 Å². The van der Waals surface area contributed by atoms with Gasteiger partial charge in [0.1, 0.15) is 0 Å². The Hall–Kier alpha value is -0.700. The van der Waals surface area contributed by atoms with Crippen LogP contribution in [0, 0.1) is 0 Å². The number of anilines is 1. The molecule has 0 aliphatic rings. The second-order valence-corrected chi connectivity index (χ2v) is 3.36. The minimum atomic E-state index is 0.289. The Bertz CT molecular complexity index is 260. The van der Waals surface area contributed by atoms with E-state index in [0.29, 0.717) is 0 Å². The van der Waals surface area contributed by atoms with E-state index < -0.39 is 0 Å². The molecular formula is C8H10BrNO. The first-order valence-corrected chi connectivity index (χ1v) is 4.07. The molecule has 1 rings (SSSR count). The van der Waals surface area contributed by atoms with Gasteiger partial charge in [0.2, 0.25) is 0 Å². The van der Waals surface area contributed by atoms with Crippen molar-refractivity contribution in [3.05, 3.63) is 22.7 Å². The number of rotatable bonds is 1. The molecule has 0 saturated carbocycles. The van der Waals surface area contributed by atoms with Gasteiger partial charge in [0.25, 0.3) is 0 Å². The normalized spacial score (nSPS) is 9.73. The molecule has 1 aromatic carbocycles. The van der Waals surface area contributed by atoms with Gasteiger partial charge in [0, 0.05) is 14.1 Å². The van der Waals surface area contributed by atoms with Crippen molar-refractivity contribution in [2.75, 3.05) is 19.0 Å². The third kappa shape index (κ3) is 1.66. The third-order valence-electron chi connectivity index (χ3n) is 1.45. The van der Waals surface area contributed by atoms with Gasteiger partial charge in [-0.3, -0.25) is 0 Å². The molecule has 11 heavy (non-hydrogen) atoms. The lowest BCUT2D eigenvalue weighted by atomic mass is 10.3. The molecule has 0 radical (unpaired) electrons. The molecule has 0 saturated heterocycles. The van der Waals surface area contributed by atoms with Crippen LogP contribution in [0.5, 0.6) is 5.75 Å². The van der Waals surface area contributed by atoms with Crippen LogP contribution in [0.25, 0.3) is 0 Å². The average Bonchev–Trinajstić information content (AvgIpc) is 1.94. The summed E-state index contributed by atoms with van der Waals surface area (Å²) in [6.45, 7) is 0. The van der Waals surface area contributed by atoms with Gasteiger partial charge in [-0.1, -0.05) is 6.07 Å². The summed E-state index contributed by atoms with van der Waals surface area (Å²) in [5, 5.41) is 9.48. The summed E-state index contributed by atoms with van der Waals surface area (Å²) in [7, 11) is 3.78. The molecule has 0 fully saturated rings. The molecule has 2 nitrogen and oxygen atoms in total. The molecule has 1 N–H and O–H groups in total. The van der Waals surface area contributed by atoms with Crippen molar-refractivity contribution in [3.8, 4) is 5.75 Å². The Balaban J connectivity index is 3.17. The summed E-state index contributed by atoms with van der Waals surface area (Å²) in [6.07, 6.45) is 0. The van der Waals surface area contributed by atoms with Gasteiger partial charge in [-0.15, -0.1) is 0 Å². The zero-order valence-corrected chi connectivity index (χ0v) is 8.09. The second-order valence-electron chi connectivity index (χ2n) is 2.50. The van der Waals surface area contributed by atoms with Gasteiger partial charge in [0.05, 0.1) is 10.2 Å². The number of halogens is 1. The van der Waals surface area contributed by atoms with E-state index in [-0.39, 0.29) is 5.75 Å². The summed E-state index contributed by atoms with van der Waals surface area (Å²) in [4.78, 5) is 1.86. The van der Waals surface area contributed by atoms with Crippen LogP contribution in [-0.4, -0.2) is 19.2 Å². The quantitative estimate of drug-likeness (QED) is 0.777. The highest BCUT2D eigenvalue weighted by molar-refractivity contribution is 9.10. The number of para-hydroxylation sites is 1. The first kappa shape index (κ1) is 8.40. The van der Waals surface area contributed by atoms with Crippen LogP contribution in [0.3, 0.4) is 0 Å². The maximum absolute atomic E-state index is 9.48. The van der Waals surface area contributed by atoms with E-state index in [2.05, 4.69) is 15.9 Å². The average molecular weight is 216 g/mol. The highest BCUT2D eigenvalue weighted by atomic mass is 79.9. The van der Waals surface area contributed by atoms with Gasteiger partial charge >= 0.3 is 0 Å². The molecule has 0 aliphatic heterocycles. The van der Waals surface area contributed by atoms with Crippen LogP contribution < -0.4 is 4.90 Å². The monoisotopic (exact) mass is 215 g/mol. The maximum Gasteiger partial charge on any atom is 0.153 e. The van der Waals surface area contributed by atoms with Gasteiger partial charge < -0.3 is 10.0 Å². The van der Waals surface area contributed by atoms with E-state index in [1.165, 1.54) is 0 Å². The lowest BCUT2D eigenvalue weighted by Gasteiger charge is -2.14. The van der Waals surface area contributed by atoms with Crippen LogP contribution >= 0.6 is 15.9 Å². The smallest absolute Gasteiger partial charge is 0.153 e. The summed E-state index contributed by atoms with van der Waals surface area (Å²) in [5.74, 6) is 0.289. The van der Waals surface area contributed by atoms with E-state index in [9.17, 15) is 5.11 Å². The van der Waals surface area contributed by atoms with Crippen LogP contribution in [0.2, 0.25) is 0 Å². The van der Waals surface area contributed by atoms with Crippen molar-refractivity contribution in [2.45, 2.75) is 0 Å². The predicted molar refractivity (Wildman–Crippen MR) is 50.1 cm³/mol. The number of hydrogen-bond donors (Lipinski definition) is 1. The molecule has 0 bridgehead atoms. The number of aromatic hydroxyl groups is 1. The Morgan fingerprint density at radius 2 is 2.00 bits per heavy atom. The first-order valence-electron chi connectivity index (χ1n) is 3.27. The Kier molecular flexibility index (Phi) is 2.39. The zero-order valence-electron chi connectivity index (χ0n) is 6.50. The molecular weight excluding hydrogens is 206 g/mol. The van der Waals surface area contributed by atoms with Crippen molar-refractivity contribution in [3.63, 3.8) is 0 Å². The second kappa shape index (κ2) is 3.13. The highest BCUT2D eigenvalue weighted by Gasteiger charge is 2.04. The number of phenolic OH excluding ortho intramolecular Hbond substituents is 1. The predicted octanol–water partition coefficient (Wildman–Crippen LogP) is 2.22. The van der Waals surface area contributed by atoms with E-state index in [1.54, 1.807) is 0 Å². The number of hydrogen-bond acceptors (Lipinski definition) is 2. The van der Waals surface area contributed by atoms with Crippen LogP contribution in [0.15, 0.2) is 22.7 Å². The molecule has 0 heterocycles. The minimum absolute atomic E-state index is 0.289. The SMILES string of the molecule is CN(C)c1cccc(Br)c1O. The standard InChI is InChI=1S/C8H10BrNO/c1-10(2)7-5-3-4-6(9)8(7)11/h3-5,11H,1-2H3. The van der Waals surface area contributed by atoms with Crippen molar-refractivity contribution in [2.24, 2.45) is 0 Å². The first-order chi connectivity index (χ1) is 5.13. The van der Waals surface area contributed by atoms with Gasteiger partial charge in [-0.2, -0.15) is 0 Å². The van der Waals surface area contributed by atoms with Crippen molar-refractivity contribution in [1.82, 2.24) is 0 Å². The van der Waals surface area contributed by atoms with E-state index >= 15 is 0 Å². The molecule has 0 amide bonds. The van der Waals surface area contributed by atoms with E-state index in [4.69, 9.17) is 0 Å². The summed E-state index contributed by atoms with van der Waals surface area (Å²) in [6, 6.07) is 5.56. The molecule has 0 aliphatic carbocycles. The molecule has 1 aromatic rings. The lowest BCUT2D eigenvalue weighted by molar-refractivity contribution is 0.472. The molecule has 60 valence electrons. The van der Waals surface area contributed by atoms with Crippen LogP contribution in [-0.2, 0) is 0 Å². The van der Waals surface area contributed by atoms with Crippen molar-refractivity contribution < 1.29 is 5.11 Å². The lowest BCUT2D eigenvalue weighted by Crippen LogP contribution is -2.08. The number of nitrogens with zero attached hydrogens (tertiary/aromatic N) is 1. The van der Waals surface area contributed by atoms with Crippen LogP contribution in [0.1, 0.15) is 0 Å². The van der Waals surface area contributed by atoms with E-state index in [0.717, 1.165) is 10.2 Å². The Labute approximate surface area is 74.6 Å². The highest BCUT2D eigenvalue weighted by Crippen LogP contribution is 2.32. The largest absolute Gasteiger partial charge is 0.505 e. The van der Waals surface area contributed by atoms with Crippen LogP contribution in [0.4, 0.5) is 5.69 Å². The maximum atomic E-state index is 9.48. The Morgan fingerprint density at radius 1 is 1.36 bits per heavy atom. The molecule has 0 atom stereocenters. The summed E-state index contributed by atoms with van der Waals surface area (Å²) in [5.41, 5.74) is 0.819. The molecule has 0 unspecified atom stereocenters. The van der Waals surface area contributed by atoms with Gasteiger partial charge in [-0.25, -0.2) is 0 Å². The minimum Gasteiger partial charge on any atom is -0.505 e. The fourth-order valence-corrected chi connectivity index (χ4v) is 1.22. The summed E-state index contributed by atoms with van der Waals surface area (Å²) < 4.78 is 0.726. The molecule has 3 heteroatoms. The fraction of sp³-hybridized carbons (Fsp3) is 0.250. The molecule has 0 spiro atoms. The number of phenols is 1. The Morgan fingerprint density at radius 3 is 2.45 bits per heavy atom. The van der Waals surface area contributed by atoms with Crippen molar-refractivity contribution >= 4 is 21.6 Å². The third-order valence-corrected chi connectivity index (χ3v) is 2.09.